The van der Waals surface area contributed by atoms with Crippen LogP contribution < -0.4 is 10.2 Å². The maximum absolute atomic E-state index is 13.3. The summed E-state index contributed by atoms with van der Waals surface area (Å²) < 4.78 is 1.91. The quantitative estimate of drug-likeness (QED) is 0.237. The molecule has 0 bridgehead atoms. The van der Waals surface area contributed by atoms with Crippen molar-refractivity contribution in [1.82, 2.24) is 19.8 Å². The van der Waals surface area contributed by atoms with Crippen molar-refractivity contribution in [2.45, 2.75) is 20.0 Å². The lowest BCUT2D eigenvalue weighted by atomic mass is 10.1. The third-order valence-electron chi connectivity index (χ3n) is 7.37. The Kier molecular flexibility index (Phi) is 12.1. The number of nitrogens with zero attached hydrogens (tertiary/aromatic N) is 4. The Morgan fingerprint density at radius 3 is 2.19 bits per heavy atom. The lowest BCUT2D eigenvalue weighted by Crippen LogP contribution is -2.50. The number of anilines is 1. The molecule has 7 nitrogen and oxygen atoms in total. The van der Waals surface area contributed by atoms with Crippen LogP contribution in [0.1, 0.15) is 21.7 Å². The van der Waals surface area contributed by atoms with Crippen LogP contribution in [0.3, 0.4) is 0 Å². The van der Waals surface area contributed by atoms with Crippen LogP contribution in [0.25, 0.3) is 17.1 Å². The molecule has 1 aliphatic heterocycles. The average Bonchev–Trinajstić information content (AvgIpc) is 3.31. The van der Waals surface area contributed by atoms with Crippen LogP contribution in [0, 0.1) is 13.8 Å². The minimum absolute atomic E-state index is 0. The van der Waals surface area contributed by atoms with E-state index >= 15 is 0 Å². The van der Waals surface area contributed by atoms with E-state index in [0.717, 1.165) is 53.7 Å². The number of imidazole rings is 1. The molecule has 1 aromatic heterocycles. The zero-order valence-electron chi connectivity index (χ0n) is 23.5. The van der Waals surface area contributed by atoms with Gasteiger partial charge in [0.1, 0.15) is 11.5 Å². The van der Waals surface area contributed by atoms with Crippen molar-refractivity contribution >= 4 is 59.6 Å². The van der Waals surface area contributed by atoms with Crippen molar-refractivity contribution in [1.29, 1.82) is 0 Å². The summed E-state index contributed by atoms with van der Waals surface area (Å²) in [5.74, 6) is 0.297. The number of carbonyl (C=O) groups excluding carboxylic acids is 1. The first-order valence-electron chi connectivity index (χ1n) is 13.4. The summed E-state index contributed by atoms with van der Waals surface area (Å²) in [7, 11) is 0. The van der Waals surface area contributed by atoms with E-state index in [1.54, 1.807) is 0 Å². The molecule has 1 aliphatic rings. The van der Waals surface area contributed by atoms with Crippen LogP contribution in [0.4, 0.5) is 5.69 Å². The molecule has 1 saturated heterocycles. The van der Waals surface area contributed by atoms with Crippen LogP contribution >= 0.6 is 48.0 Å². The number of piperazine rings is 1. The van der Waals surface area contributed by atoms with Gasteiger partial charge in [0.25, 0.3) is 5.91 Å². The van der Waals surface area contributed by atoms with E-state index in [2.05, 4.69) is 21.2 Å². The number of aliphatic hydroxyl groups is 1. The van der Waals surface area contributed by atoms with E-state index in [0.29, 0.717) is 28.8 Å². The number of rotatable bonds is 8. The number of carbonyl (C=O) groups is 1. The first-order valence-corrected chi connectivity index (χ1v) is 14.2. The van der Waals surface area contributed by atoms with E-state index in [4.69, 9.17) is 28.2 Å². The fourth-order valence-electron chi connectivity index (χ4n) is 5.19. The second-order valence-electron chi connectivity index (χ2n) is 10.1. The Hall–Kier alpha value is -2.78. The lowest BCUT2D eigenvalue weighted by Gasteiger charge is -2.37. The van der Waals surface area contributed by atoms with Gasteiger partial charge in [-0.2, -0.15) is 0 Å². The molecule has 2 heterocycles. The molecule has 4 aromatic rings. The highest BCUT2D eigenvalue weighted by molar-refractivity contribution is 6.32. The van der Waals surface area contributed by atoms with Gasteiger partial charge in [0.15, 0.2) is 0 Å². The van der Waals surface area contributed by atoms with E-state index in [-0.39, 0.29) is 37.3 Å². The van der Waals surface area contributed by atoms with Crippen molar-refractivity contribution < 1.29 is 9.90 Å². The summed E-state index contributed by atoms with van der Waals surface area (Å²) in [6, 6.07) is 23.2. The van der Waals surface area contributed by atoms with Gasteiger partial charge in [0, 0.05) is 55.5 Å². The highest BCUT2D eigenvalue weighted by Crippen LogP contribution is 2.30. The molecular weight excluding hydrogens is 616 g/mol. The van der Waals surface area contributed by atoms with Crippen molar-refractivity contribution in [2.24, 2.45) is 0 Å². The van der Waals surface area contributed by atoms with E-state index in [1.165, 1.54) is 0 Å². The van der Waals surface area contributed by atoms with Crippen molar-refractivity contribution in [3.05, 3.63) is 99.8 Å². The Labute approximate surface area is 269 Å². The van der Waals surface area contributed by atoms with Gasteiger partial charge in [0.2, 0.25) is 0 Å². The summed E-state index contributed by atoms with van der Waals surface area (Å²) in [5.41, 5.74) is 4.84. The van der Waals surface area contributed by atoms with Gasteiger partial charge in [-0.05, 0) is 43.7 Å². The largest absolute Gasteiger partial charge is 0.390 e. The predicted molar refractivity (Wildman–Crippen MR) is 176 cm³/mol. The van der Waals surface area contributed by atoms with E-state index in [9.17, 15) is 9.90 Å². The Morgan fingerprint density at radius 1 is 0.881 bits per heavy atom. The predicted octanol–water partition coefficient (Wildman–Crippen LogP) is 6.22. The number of benzene rings is 3. The maximum Gasteiger partial charge on any atom is 0.271 e. The van der Waals surface area contributed by atoms with Crippen LogP contribution in [0.15, 0.2) is 72.8 Å². The number of β-amino-alcohol motifs (C(OH)–C–C–N with tert-alkyl or cyclic N) is 1. The van der Waals surface area contributed by atoms with Gasteiger partial charge in [0.05, 0.1) is 22.5 Å². The minimum atomic E-state index is -0.706. The number of hydrogen-bond donors (Lipinski definition) is 2. The molecule has 5 rings (SSSR count). The molecule has 0 radical (unpaired) electrons. The maximum atomic E-state index is 13.3. The smallest absolute Gasteiger partial charge is 0.271 e. The van der Waals surface area contributed by atoms with Gasteiger partial charge >= 0.3 is 0 Å². The second kappa shape index (κ2) is 15.1. The third kappa shape index (κ3) is 7.40. The summed E-state index contributed by atoms with van der Waals surface area (Å²) in [6.07, 6.45) is -0.706. The number of halogens is 4. The number of para-hydroxylation sites is 1. The molecule has 11 heteroatoms. The summed E-state index contributed by atoms with van der Waals surface area (Å²) in [5, 5.41) is 15.0. The first kappa shape index (κ1) is 33.7. The van der Waals surface area contributed by atoms with Crippen molar-refractivity contribution in [3.8, 4) is 17.1 Å². The Balaban J connectivity index is 0.00000242. The first-order chi connectivity index (χ1) is 19.3. The average molecular weight is 651 g/mol. The molecule has 42 heavy (non-hydrogen) atoms. The van der Waals surface area contributed by atoms with Crippen molar-refractivity contribution in [2.75, 3.05) is 44.2 Å². The lowest BCUT2D eigenvalue weighted by molar-refractivity contribution is 0.0847. The van der Waals surface area contributed by atoms with Gasteiger partial charge in [-0.25, -0.2) is 4.98 Å². The van der Waals surface area contributed by atoms with E-state index < -0.39 is 6.10 Å². The summed E-state index contributed by atoms with van der Waals surface area (Å²) in [4.78, 5) is 22.5. The van der Waals surface area contributed by atoms with Gasteiger partial charge in [-0.1, -0.05) is 71.7 Å². The SMILES string of the molecule is Cc1c(Cl)cccc1N1CCN(CC(O)CNC(=O)c2nc(-c3ccccc3)n(-c3ccccc3Cl)c2C)CC1.Cl.Cl. The molecule has 1 fully saturated rings. The standard InChI is InChI=1S/C31H33Cl2N5O2.2ClH/c1-21-25(32)12-8-14-27(21)37-17-15-36(16-18-37)20-24(39)19-34-31(40)29-22(2)38(28-13-7-6-11-26(28)33)30(35-29)23-9-4-3-5-10-23;;/h3-14,24,39H,15-20H2,1-2H3,(H,34,40);2*1H. The molecule has 0 spiro atoms. The van der Waals surface area contributed by atoms with Crippen LogP contribution in [0.5, 0.6) is 0 Å². The molecule has 0 aliphatic carbocycles. The van der Waals surface area contributed by atoms with Gasteiger partial charge in [-0.3, -0.25) is 14.3 Å². The molecule has 3 aromatic carbocycles. The molecular formula is C31H35Cl4N5O2. The molecule has 1 amide bonds. The van der Waals surface area contributed by atoms with Crippen LogP contribution in [-0.2, 0) is 0 Å². The summed E-state index contributed by atoms with van der Waals surface area (Å²) in [6.45, 7) is 7.84. The number of aliphatic hydroxyl groups excluding tert-OH is 1. The van der Waals surface area contributed by atoms with E-state index in [1.807, 2.05) is 85.1 Å². The normalized spacial score (nSPS) is 14.1. The van der Waals surface area contributed by atoms with Gasteiger partial charge < -0.3 is 15.3 Å². The topological polar surface area (TPSA) is 73.6 Å². The van der Waals surface area contributed by atoms with Crippen LogP contribution in [-0.4, -0.2) is 70.8 Å². The molecule has 1 atom stereocenters. The highest BCUT2D eigenvalue weighted by Gasteiger charge is 2.24. The third-order valence-corrected chi connectivity index (χ3v) is 8.10. The zero-order chi connectivity index (χ0) is 28.2. The Bertz CT molecular complexity index is 1490. The fourth-order valence-corrected chi connectivity index (χ4v) is 5.58. The zero-order valence-corrected chi connectivity index (χ0v) is 26.6. The number of amides is 1. The fraction of sp³-hybridized carbons (Fsp3) is 0.290. The summed E-state index contributed by atoms with van der Waals surface area (Å²) >= 11 is 12.8. The number of aromatic nitrogens is 2. The number of nitrogens with one attached hydrogen (secondary N) is 1. The molecule has 1 unspecified atom stereocenters. The Morgan fingerprint density at radius 2 is 1.50 bits per heavy atom. The van der Waals surface area contributed by atoms with Gasteiger partial charge in [-0.15, -0.1) is 24.8 Å². The minimum Gasteiger partial charge on any atom is -0.390 e. The highest BCUT2D eigenvalue weighted by atomic mass is 35.5. The monoisotopic (exact) mass is 649 g/mol. The van der Waals surface area contributed by atoms with Crippen LogP contribution in [0.2, 0.25) is 10.0 Å². The molecule has 0 saturated carbocycles. The molecule has 2 N–H and O–H groups in total. The second-order valence-corrected chi connectivity index (χ2v) is 10.9. The van der Waals surface area contributed by atoms with Crippen molar-refractivity contribution in [3.63, 3.8) is 0 Å². The molecule has 224 valence electrons. The number of hydrogen-bond acceptors (Lipinski definition) is 5.